The Bertz CT molecular complexity index is 408. The minimum atomic E-state index is -3.34. The lowest BCUT2D eigenvalue weighted by atomic mass is 10.0. The van der Waals surface area contributed by atoms with E-state index < -0.39 is 16.1 Å². The van der Waals surface area contributed by atoms with E-state index in [1.54, 1.807) is 0 Å². The Morgan fingerprint density at radius 1 is 1.47 bits per heavy atom. The van der Waals surface area contributed by atoms with Gasteiger partial charge in [0.25, 0.3) is 0 Å². The predicted octanol–water partition coefficient (Wildman–Crippen LogP) is -0.0664. The van der Waals surface area contributed by atoms with Crippen molar-refractivity contribution >= 4 is 15.9 Å². The molecule has 6 nitrogen and oxygen atoms in total. The first-order valence-electron chi connectivity index (χ1n) is 6.65. The lowest BCUT2D eigenvalue weighted by Gasteiger charge is -2.26. The van der Waals surface area contributed by atoms with Crippen LogP contribution in [0.15, 0.2) is 0 Å². The van der Waals surface area contributed by atoms with Crippen LogP contribution in [0.3, 0.4) is 0 Å². The first-order valence-corrected chi connectivity index (χ1v) is 8.50. The molecule has 0 saturated carbocycles. The number of hydrogen-bond donors (Lipinski definition) is 2. The quantitative estimate of drug-likeness (QED) is 0.717. The summed E-state index contributed by atoms with van der Waals surface area (Å²) in [6.07, 6.45) is 2.88. The van der Waals surface area contributed by atoms with Crippen LogP contribution < -0.4 is 5.32 Å². The molecule has 1 rings (SSSR count). The molecule has 1 aliphatic heterocycles. The van der Waals surface area contributed by atoms with E-state index in [1.807, 2.05) is 13.8 Å². The topological polar surface area (TPSA) is 86.7 Å². The molecule has 0 aromatic rings. The number of aliphatic hydroxyl groups is 1. The lowest BCUT2D eigenvalue weighted by Crippen LogP contribution is -2.50. The molecule has 0 radical (unpaired) electrons. The zero-order valence-electron chi connectivity index (χ0n) is 11.8. The minimum Gasteiger partial charge on any atom is -0.396 e. The Labute approximate surface area is 115 Å². The number of nitrogens with zero attached hydrogens (tertiary/aromatic N) is 1. The second-order valence-electron chi connectivity index (χ2n) is 5.40. The van der Waals surface area contributed by atoms with Crippen LogP contribution in [0.5, 0.6) is 0 Å². The predicted molar refractivity (Wildman–Crippen MR) is 73.0 cm³/mol. The van der Waals surface area contributed by atoms with E-state index in [1.165, 1.54) is 4.31 Å². The number of rotatable bonds is 6. The van der Waals surface area contributed by atoms with Crippen molar-refractivity contribution in [2.24, 2.45) is 5.92 Å². The normalized spacial score (nSPS) is 22.7. The molecule has 19 heavy (non-hydrogen) atoms. The summed E-state index contributed by atoms with van der Waals surface area (Å²) in [5.41, 5.74) is 0. The number of carbonyl (C=O) groups excluding carboxylic acids is 1. The Morgan fingerprint density at radius 3 is 2.58 bits per heavy atom. The second kappa shape index (κ2) is 6.67. The molecule has 0 aliphatic carbocycles. The van der Waals surface area contributed by atoms with Crippen molar-refractivity contribution in [2.75, 3.05) is 19.4 Å². The molecule has 0 aromatic carbocycles. The van der Waals surface area contributed by atoms with Crippen LogP contribution in [0.2, 0.25) is 0 Å². The van der Waals surface area contributed by atoms with Crippen LogP contribution in [0, 0.1) is 5.92 Å². The molecule has 1 heterocycles. The van der Waals surface area contributed by atoms with Crippen molar-refractivity contribution < 1.29 is 18.3 Å². The molecule has 2 atom stereocenters. The third-order valence-electron chi connectivity index (χ3n) is 3.50. The van der Waals surface area contributed by atoms with Gasteiger partial charge >= 0.3 is 0 Å². The molecule has 112 valence electrons. The number of sulfonamides is 1. The SMILES string of the molecule is CC(C)C(CCO)NC(=O)C1CCCN1S(C)(=O)=O. The van der Waals surface area contributed by atoms with Gasteiger partial charge in [0.05, 0.1) is 6.26 Å². The maximum absolute atomic E-state index is 12.2. The van der Waals surface area contributed by atoms with Gasteiger partial charge in [-0.25, -0.2) is 8.42 Å². The molecule has 0 bridgehead atoms. The highest BCUT2D eigenvalue weighted by Gasteiger charge is 2.37. The van der Waals surface area contributed by atoms with E-state index in [0.717, 1.165) is 6.26 Å². The van der Waals surface area contributed by atoms with E-state index in [2.05, 4.69) is 5.32 Å². The number of aliphatic hydroxyl groups excluding tert-OH is 1. The smallest absolute Gasteiger partial charge is 0.238 e. The molecule has 0 spiro atoms. The van der Waals surface area contributed by atoms with Gasteiger partial charge in [-0.3, -0.25) is 4.79 Å². The van der Waals surface area contributed by atoms with Gasteiger partial charge in [-0.1, -0.05) is 13.8 Å². The fourth-order valence-electron chi connectivity index (χ4n) is 2.39. The summed E-state index contributed by atoms with van der Waals surface area (Å²) in [5.74, 6) is -0.0562. The third-order valence-corrected chi connectivity index (χ3v) is 4.79. The Balaban J connectivity index is 2.71. The molecular weight excluding hydrogens is 268 g/mol. The highest BCUT2D eigenvalue weighted by Crippen LogP contribution is 2.21. The van der Waals surface area contributed by atoms with Gasteiger partial charge in [0.2, 0.25) is 15.9 Å². The number of hydrogen-bond acceptors (Lipinski definition) is 4. The summed E-state index contributed by atoms with van der Waals surface area (Å²) >= 11 is 0. The van der Waals surface area contributed by atoms with Gasteiger partial charge in [-0.15, -0.1) is 0 Å². The summed E-state index contributed by atoms with van der Waals surface area (Å²) in [7, 11) is -3.34. The van der Waals surface area contributed by atoms with Gasteiger partial charge in [0, 0.05) is 19.2 Å². The largest absolute Gasteiger partial charge is 0.396 e. The van der Waals surface area contributed by atoms with Crippen LogP contribution in [0.1, 0.15) is 33.1 Å². The van der Waals surface area contributed by atoms with Gasteiger partial charge in [-0.05, 0) is 25.2 Å². The standard InChI is InChI=1S/C12H24N2O4S/c1-9(2)10(6-8-15)13-12(16)11-5-4-7-14(11)19(3,17)18/h9-11,15H,4-8H2,1-3H3,(H,13,16). The van der Waals surface area contributed by atoms with E-state index >= 15 is 0 Å². The summed E-state index contributed by atoms with van der Waals surface area (Å²) in [5, 5.41) is 11.8. The Morgan fingerprint density at radius 2 is 2.11 bits per heavy atom. The van der Waals surface area contributed by atoms with Crippen molar-refractivity contribution in [3.63, 3.8) is 0 Å². The first-order chi connectivity index (χ1) is 8.77. The number of amides is 1. The monoisotopic (exact) mass is 292 g/mol. The molecule has 0 aromatic heterocycles. The van der Waals surface area contributed by atoms with Crippen LogP contribution in [0.25, 0.3) is 0 Å². The summed E-state index contributed by atoms with van der Waals surface area (Å²) in [4.78, 5) is 12.2. The molecular formula is C12H24N2O4S. The van der Waals surface area contributed by atoms with Crippen LogP contribution in [-0.2, 0) is 14.8 Å². The van der Waals surface area contributed by atoms with Crippen molar-refractivity contribution in [3.8, 4) is 0 Å². The fraction of sp³-hybridized carbons (Fsp3) is 0.917. The maximum Gasteiger partial charge on any atom is 0.238 e. The summed E-state index contributed by atoms with van der Waals surface area (Å²) in [6, 6.07) is -0.727. The maximum atomic E-state index is 12.2. The van der Waals surface area contributed by atoms with Crippen molar-refractivity contribution in [1.29, 1.82) is 0 Å². The molecule has 1 saturated heterocycles. The van der Waals surface area contributed by atoms with E-state index in [-0.39, 0.29) is 24.5 Å². The fourth-order valence-corrected chi connectivity index (χ4v) is 3.51. The average molecular weight is 292 g/mol. The van der Waals surface area contributed by atoms with Crippen molar-refractivity contribution in [3.05, 3.63) is 0 Å². The van der Waals surface area contributed by atoms with Crippen molar-refractivity contribution in [1.82, 2.24) is 9.62 Å². The third kappa shape index (κ3) is 4.43. The number of nitrogens with one attached hydrogen (secondary N) is 1. The summed E-state index contributed by atoms with van der Waals surface area (Å²) < 4.78 is 24.5. The average Bonchev–Trinajstić information content (AvgIpc) is 2.76. The lowest BCUT2D eigenvalue weighted by molar-refractivity contribution is -0.125. The molecule has 2 N–H and O–H groups in total. The molecule has 1 aliphatic rings. The Kier molecular flexibility index (Phi) is 5.76. The Hall–Kier alpha value is -0.660. The summed E-state index contributed by atoms with van der Waals surface area (Å²) in [6.45, 7) is 4.33. The second-order valence-corrected chi connectivity index (χ2v) is 7.34. The van der Waals surface area contributed by atoms with Gasteiger partial charge < -0.3 is 10.4 Å². The van der Waals surface area contributed by atoms with Gasteiger partial charge in [0.15, 0.2) is 0 Å². The van der Waals surface area contributed by atoms with Crippen LogP contribution in [0.4, 0.5) is 0 Å². The first kappa shape index (κ1) is 16.4. The minimum absolute atomic E-state index is 0.00356. The van der Waals surface area contributed by atoms with Gasteiger partial charge in [0.1, 0.15) is 6.04 Å². The van der Waals surface area contributed by atoms with Crippen LogP contribution >= 0.6 is 0 Å². The van der Waals surface area contributed by atoms with Crippen LogP contribution in [-0.4, -0.2) is 55.2 Å². The highest BCUT2D eigenvalue weighted by molar-refractivity contribution is 7.88. The molecule has 7 heteroatoms. The molecule has 1 amide bonds. The van der Waals surface area contributed by atoms with Crippen molar-refractivity contribution in [2.45, 2.75) is 45.2 Å². The van der Waals surface area contributed by atoms with Gasteiger partial charge in [-0.2, -0.15) is 4.31 Å². The zero-order valence-corrected chi connectivity index (χ0v) is 12.6. The zero-order chi connectivity index (χ0) is 14.6. The van der Waals surface area contributed by atoms with E-state index in [4.69, 9.17) is 5.11 Å². The number of carbonyl (C=O) groups is 1. The molecule has 2 unspecified atom stereocenters. The molecule has 1 fully saturated rings. The van der Waals surface area contributed by atoms with E-state index in [9.17, 15) is 13.2 Å². The highest BCUT2D eigenvalue weighted by atomic mass is 32.2. The van der Waals surface area contributed by atoms with E-state index in [0.29, 0.717) is 25.8 Å².